The first-order chi connectivity index (χ1) is 14.2. The molecule has 0 bridgehead atoms. The Hall–Kier alpha value is -3.75. The van der Waals surface area contributed by atoms with Crippen LogP contribution in [0.4, 0.5) is 17.1 Å². The number of nitrogens with one attached hydrogen (secondary N) is 1. The highest BCUT2D eigenvalue weighted by atomic mass is 16.6. The number of carbonyl (C=O) groups is 3. The van der Waals surface area contributed by atoms with Gasteiger partial charge in [-0.15, -0.1) is 0 Å². The Morgan fingerprint density at radius 2 is 1.90 bits per heavy atom. The second-order valence-electron chi connectivity index (χ2n) is 7.21. The molecule has 9 heteroatoms. The second-order valence-corrected chi connectivity index (χ2v) is 7.21. The number of amides is 2. The summed E-state index contributed by atoms with van der Waals surface area (Å²) in [6.07, 6.45) is -0.0831. The fourth-order valence-electron chi connectivity index (χ4n) is 3.39. The summed E-state index contributed by atoms with van der Waals surface area (Å²) in [6.45, 7) is 3.39. The lowest BCUT2D eigenvalue weighted by molar-refractivity contribution is -0.384. The van der Waals surface area contributed by atoms with Crippen molar-refractivity contribution >= 4 is 34.8 Å². The van der Waals surface area contributed by atoms with Gasteiger partial charge in [-0.05, 0) is 43.2 Å². The Morgan fingerprint density at radius 1 is 1.20 bits per heavy atom. The molecule has 0 spiro atoms. The molecule has 1 heterocycles. The number of esters is 1. The lowest BCUT2D eigenvalue weighted by Crippen LogP contribution is -2.28. The molecule has 3 rings (SSSR count). The van der Waals surface area contributed by atoms with Crippen molar-refractivity contribution in [1.82, 2.24) is 0 Å². The number of non-ortho nitro benzene ring substituents is 1. The predicted molar refractivity (Wildman–Crippen MR) is 109 cm³/mol. The van der Waals surface area contributed by atoms with E-state index in [9.17, 15) is 24.5 Å². The number of nitro groups is 1. The maximum absolute atomic E-state index is 12.3. The predicted octanol–water partition coefficient (Wildman–Crippen LogP) is 2.75. The zero-order valence-corrected chi connectivity index (χ0v) is 16.6. The lowest BCUT2D eigenvalue weighted by atomic mass is 10.1. The van der Waals surface area contributed by atoms with Crippen molar-refractivity contribution in [3.05, 3.63) is 63.7 Å². The largest absolute Gasteiger partial charge is 0.455 e. The van der Waals surface area contributed by atoms with E-state index in [1.165, 1.54) is 23.1 Å². The van der Waals surface area contributed by atoms with Gasteiger partial charge in [-0.1, -0.05) is 12.1 Å². The number of anilines is 2. The number of hydrogen-bond acceptors (Lipinski definition) is 6. The third-order valence-electron chi connectivity index (χ3n) is 4.66. The number of nitrogens with zero attached hydrogens (tertiary/aromatic N) is 2. The summed E-state index contributed by atoms with van der Waals surface area (Å²) in [5.74, 6) is -2.22. The summed E-state index contributed by atoms with van der Waals surface area (Å²) in [5.41, 5.74) is 2.80. The Labute approximate surface area is 172 Å². The van der Waals surface area contributed by atoms with Crippen LogP contribution in [0.3, 0.4) is 0 Å². The van der Waals surface area contributed by atoms with Crippen molar-refractivity contribution in [1.29, 1.82) is 0 Å². The summed E-state index contributed by atoms with van der Waals surface area (Å²) in [5, 5.41) is 13.6. The van der Waals surface area contributed by atoms with Crippen LogP contribution in [0.5, 0.6) is 0 Å². The molecule has 0 aromatic heterocycles. The highest BCUT2D eigenvalue weighted by Crippen LogP contribution is 2.28. The maximum Gasteiger partial charge on any atom is 0.311 e. The molecule has 0 aliphatic carbocycles. The molecule has 0 unspecified atom stereocenters. The number of ether oxygens (including phenoxy) is 1. The standard InChI is InChI=1S/C21H21N3O6/c1-13-6-14(2)8-16(7-13)22-19(25)12-30-21(27)15-9-20(26)23(11-15)17-4-3-5-18(10-17)24(28)29/h3-8,10,15H,9,11-12H2,1-2H3,(H,22,25)/t15-/m0/s1. The van der Waals surface area contributed by atoms with Gasteiger partial charge in [-0.25, -0.2) is 0 Å². The fourth-order valence-corrected chi connectivity index (χ4v) is 3.39. The van der Waals surface area contributed by atoms with E-state index in [1.54, 1.807) is 18.2 Å². The Morgan fingerprint density at radius 3 is 2.57 bits per heavy atom. The van der Waals surface area contributed by atoms with Crippen LogP contribution in [0, 0.1) is 29.9 Å². The van der Waals surface area contributed by atoms with Crippen LogP contribution in [0.1, 0.15) is 17.5 Å². The van der Waals surface area contributed by atoms with Crippen LogP contribution >= 0.6 is 0 Å². The minimum Gasteiger partial charge on any atom is -0.455 e. The van der Waals surface area contributed by atoms with Crippen molar-refractivity contribution in [2.75, 3.05) is 23.4 Å². The van der Waals surface area contributed by atoms with E-state index in [0.717, 1.165) is 11.1 Å². The van der Waals surface area contributed by atoms with Gasteiger partial charge in [0.05, 0.1) is 16.5 Å². The van der Waals surface area contributed by atoms with Gasteiger partial charge in [0, 0.05) is 30.8 Å². The van der Waals surface area contributed by atoms with Gasteiger partial charge in [0.15, 0.2) is 6.61 Å². The van der Waals surface area contributed by atoms with Crippen molar-refractivity contribution in [3.63, 3.8) is 0 Å². The molecule has 0 saturated carbocycles. The van der Waals surface area contributed by atoms with Gasteiger partial charge in [0.1, 0.15) is 0 Å². The van der Waals surface area contributed by atoms with Crippen molar-refractivity contribution < 1.29 is 24.0 Å². The van der Waals surface area contributed by atoms with Crippen LogP contribution in [0.15, 0.2) is 42.5 Å². The fraction of sp³-hybridized carbons (Fsp3) is 0.286. The lowest BCUT2D eigenvalue weighted by Gasteiger charge is -2.16. The molecule has 1 aliphatic heterocycles. The molecule has 30 heavy (non-hydrogen) atoms. The molecule has 2 aromatic rings. The second kappa shape index (κ2) is 8.73. The normalized spacial score (nSPS) is 15.7. The van der Waals surface area contributed by atoms with Crippen molar-refractivity contribution in [3.8, 4) is 0 Å². The maximum atomic E-state index is 12.3. The van der Waals surface area contributed by atoms with Gasteiger partial charge in [-0.3, -0.25) is 24.5 Å². The minimum atomic E-state index is -0.745. The molecule has 2 aromatic carbocycles. The van der Waals surface area contributed by atoms with Crippen LogP contribution in [-0.2, 0) is 19.1 Å². The quantitative estimate of drug-likeness (QED) is 0.443. The number of carbonyl (C=O) groups excluding carboxylic acids is 3. The molecule has 0 radical (unpaired) electrons. The van der Waals surface area contributed by atoms with E-state index in [2.05, 4.69) is 5.32 Å². The van der Waals surface area contributed by atoms with E-state index >= 15 is 0 Å². The molecule has 9 nitrogen and oxygen atoms in total. The number of benzene rings is 2. The molecule has 156 valence electrons. The summed E-state index contributed by atoms with van der Waals surface area (Å²) in [7, 11) is 0. The van der Waals surface area contributed by atoms with Crippen LogP contribution in [-0.4, -0.2) is 35.9 Å². The zero-order chi connectivity index (χ0) is 21.8. The van der Waals surface area contributed by atoms with E-state index in [1.807, 2.05) is 19.9 Å². The van der Waals surface area contributed by atoms with Gasteiger partial charge < -0.3 is 15.0 Å². The molecular weight excluding hydrogens is 390 g/mol. The van der Waals surface area contributed by atoms with E-state index in [0.29, 0.717) is 11.4 Å². The molecule has 1 N–H and O–H groups in total. The Balaban J connectivity index is 1.56. The number of nitro benzene ring substituents is 1. The van der Waals surface area contributed by atoms with Gasteiger partial charge in [-0.2, -0.15) is 0 Å². The topological polar surface area (TPSA) is 119 Å². The molecular formula is C21H21N3O6. The SMILES string of the molecule is Cc1cc(C)cc(NC(=O)COC(=O)[C@H]2CC(=O)N(c3cccc([N+](=O)[O-])c3)C2)c1. The monoisotopic (exact) mass is 411 g/mol. The first-order valence-electron chi connectivity index (χ1n) is 9.32. The zero-order valence-electron chi connectivity index (χ0n) is 16.6. The minimum absolute atomic E-state index is 0.0392. The summed E-state index contributed by atoms with van der Waals surface area (Å²) in [6, 6.07) is 11.2. The number of aryl methyl sites for hydroxylation is 2. The summed E-state index contributed by atoms with van der Waals surface area (Å²) in [4.78, 5) is 48.4. The molecule has 1 aliphatic rings. The molecule has 1 fully saturated rings. The van der Waals surface area contributed by atoms with Crippen LogP contribution in [0.25, 0.3) is 0 Å². The highest BCUT2D eigenvalue weighted by molar-refractivity contribution is 6.00. The van der Waals surface area contributed by atoms with Gasteiger partial charge >= 0.3 is 5.97 Å². The smallest absolute Gasteiger partial charge is 0.311 e. The van der Waals surface area contributed by atoms with E-state index in [4.69, 9.17) is 4.74 Å². The van der Waals surface area contributed by atoms with Gasteiger partial charge in [0.25, 0.3) is 11.6 Å². The van der Waals surface area contributed by atoms with Crippen LogP contribution < -0.4 is 10.2 Å². The summed E-state index contributed by atoms with van der Waals surface area (Å²) < 4.78 is 5.08. The summed E-state index contributed by atoms with van der Waals surface area (Å²) >= 11 is 0. The average Bonchev–Trinajstić information content (AvgIpc) is 3.07. The molecule has 1 saturated heterocycles. The average molecular weight is 411 g/mol. The van der Waals surface area contributed by atoms with Crippen molar-refractivity contribution in [2.24, 2.45) is 5.92 Å². The van der Waals surface area contributed by atoms with Crippen molar-refractivity contribution in [2.45, 2.75) is 20.3 Å². The number of hydrogen-bond donors (Lipinski definition) is 1. The number of rotatable bonds is 6. The molecule has 1 atom stereocenters. The first kappa shape index (κ1) is 21.0. The van der Waals surface area contributed by atoms with Crippen LogP contribution in [0.2, 0.25) is 0 Å². The third kappa shape index (κ3) is 4.99. The van der Waals surface area contributed by atoms with Gasteiger partial charge in [0.2, 0.25) is 5.91 Å². The molecule has 2 amide bonds. The highest BCUT2D eigenvalue weighted by Gasteiger charge is 2.36. The Kier molecular flexibility index (Phi) is 6.10. The van der Waals surface area contributed by atoms with E-state index in [-0.39, 0.29) is 24.6 Å². The van der Waals surface area contributed by atoms with E-state index < -0.39 is 29.3 Å². The first-order valence-corrected chi connectivity index (χ1v) is 9.32. The Bertz CT molecular complexity index is 999. The third-order valence-corrected chi connectivity index (χ3v) is 4.66.